The Balaban J connectivity index is 1.67. The molecule has 0 atom stereocenters. The maximum absolute atomic E-state index is 5.64. The summed E-state index contributed by atoms with van der Waals surface area (Å²) < 4.78 is 7.18. The first-order valence-corrected chi connectivity index (χ1v) is 6.25. The minimum atomic E-state index is 0.401. The average Bonchev–Trinajstić information content (AvgIpc) is 2.68. The van der Waals surface area contributed by atoms with Crippen molar-refractivity contribution in [3.8, 4) is 5.75 Å². The third kappa shape index (κ3) is 3.87. The Kier molecular flexibility index (Phi) is 4.22. The Morgan fingerprint density at radius 2 is 2.26 bits per heavy atom. The molecule has 1 heterocycles. The molecule has 0 saturated carbocycles. The van der Waals surface area contributed by atoms with Crippen molar-refractivity contribution in [3.05, 3.63) is 29.8 Å². The average molecular weight is 261 g/mol. The van der Waals surface area contributed by atoms with Gasteiger partial charge < -0.3 is 15.8 Å². The van der Waals surface area contributed by atoms with Gasteiger partial charge in [0.25, 0.3) is 0 Å². The van der Waals surface area contributed by atoms with Gasteiger partial charge in [0.05, 0.1) is 6.61 Å². The number of nitrogen functional groups attached to an aromatic ring is 1. The predicted molar refractivity (Wildman–Crippen MR) is 75.2 cm³/mol. The van der Waals surface area contributed by atoms with Crippen molar-refractivity contribution >= 4 is 11.9 Å². The fourth-order valence-corrected chi connectivity index (χ4v) is 1.64. The van der Waals surface area contributed by atoms with Gasteiger partial charge in [-0.2, -0.15) is 4.98 Å². The Hall–Kier alpha value is -2.24. The summed E-state index contributed by atoms with van der Waals surface area (Å²) in [6.45, 7) is 3.44. The first-order valence-electron chi connectivity index (χ1n) is 6.25. The molecular formula is C13H19N5O. The van der Waals surface area contributed by atoms with Crippen molar-refractivity contribution in [3.63, 3.8) is 0 Å². The molecule has 0 aliphatic carbocycles. The van der Waals surface area contributed by atoms with Crippen LogP contribution < -0.4 is 15.8 Å². The van der Waals surface area contributed by atoms with E-state index in [1.54, 1.807) is 7.05 Å². The van der Waals surface area contributed by atoms with E-state index in [0.29, 0.717) is 18.5 Å². The zero-order valence-corrected chi connectivity index (χ0v) is 11.3. The maximum Gasteiger partial charge on any atom is 0.243 e. The number of aromatic nitrogens is 3. The molecule has 1 aromatic heterocycles. The lowest BCUT2D eigenvalue weighted by molar-refractivity contribution is 0.314. The number of nitrogens with two attached hydrogens (primary N) is 1. The lowest BCUT2D eigenvalue weighted by Gasteiger charge is -2.06. The highest BCUT2D eigenvalue weighted by atomic mass is 16.5. The number of nitrogens with zero attached hydrogens (tertiary/aromatic N) is 3. The second-order valence-electron chi connectivity index (χ2n) is 4.36. The molecule has 0 spiro atoms. The van der Waals surface area contributed by atoms with Gasteiger partial charge >= 0.3 is 0 Å². The normalized spacial score (nSPS) is 10.4. The van der Waals surface area contributed by atoms with Gasteiger partial charge in [-0.05, 0) is 31.0 Å². The van der Waals surface area contributed by atoms with Crippen LogP contribution in [0.15, 0.2) is 24.3 Å². The summed E-state index contributed by atoms with van der Waals surface area (Å²) >= 11 is 0. The lowest BCUT2D eigenvalue weighted by atomic mass is 10.2. The summed E-state index contributed by atoms with van der Waals surface area (Å²) in [7, 11) is 1.76. The van der Waals surface area contributed by atoms with Crippen LogP contribution in [0.1, 0.15) is 12.0 Å². The summed E-state index contributed by atoms with van der Waals surface area (Å²) in [4.78, 5) is 4.06. The number of nitrogens with one attached hydrogen (secondary N) is 1. The third-order valence-electron chi connectivity index (χ3n) is 2.66. The highest BCUT2D eigenvalue weighted by Crippen LogP contribution is 2.12. The fraction of sp³-hybridized carbons (Fsp3) is 0.385. The van der Waals surface area contributed by atoms with Gasteiger partial charge in [0.2, 0.25) is 11.9 Å². The van der Waals surface area contributed by atoms with Crippen LogP contribution in [0, 0.1) is 6.92 Å². The van der Waals surface area contributed by atoms with Crippen molar-refractivity contribution in [1.29, 1.82) is 0 Å². The second-order valence-corrected chi connectivity index (χ2v) is 4.36. The van der Waals surface area contributed by atoms with E-state index in [1.807, 2.05) is 31.2 Å². The molecule has 1 aromatic carbocycles. The zero-order chi connectivity index (χ0) is 13.7. The monoisotopic (exact) mass is 261 g/mol. The standard InChI is InChI=1S/C13H19N5O/c1-10-5-3-6-11(9-10)19-8-4-7-15-13-16-12(14)18(2)17-13/h3,5-6,9H,4,7-8H2,1-2H3,(H3,14,15,16,17). The Morgan fingerprint density at radius 1 is 1.42 bits per heavy atom. The van der Waals surface area contributed by atoms with Gasteiger partial charge in [-0.15, -0.1) is 5.10 Å². The molecule has 2 rings (SSSR count). The van der Waals surface area contributed by atoms with Gasteiger partial charge in [0, 0.05) is 13.6 Å². The predicted octanol–water partition coefficient (Wildman–Crippen LogP) is 1.59. The quantitative estimate of drug-likeness (QED) is 0.772. The summed E-state index contributed by atoms with van der Waals surface area (Å²) in [6.07, 6.45) is 0.867. The number of rotatable bonds is 6. The molecule has 0 amide bonds. The number of anilines is 2. The van der Waals surface area contributed by atoms with Crippen molar-refractivity contribution in [2.75, 3.05) is 24.2 Å². The van der Waals surface area contributed by atoms with Gasteiger partial charge in [-0.25, -0.2) is 4.68 Å². The minimum Gasteiger partial charge on any atom is -0.494 e. The Labute approximate surface area is 112 Å². The third-order valence-corrected chi connectivity index (χ3v) is 2.66. The Morgan fingerprint density at radius 3 is 2.95 bits per heavy atom. The molecular weight excluding hydrogens is 242 g/mol. The smallest absolute Gasteiger partial charge is 0.243 e. The topological polar surface area (TPSA) is 78.0 Å². The van der Waals surface area contributed by atoms with E-state index in [9.17, 15) is 0 Å². The zero-order valence-electron chi connectivity index (χ0n) is 11.3. The second kappa shape index (κ2) is 6.08. The first-order chi connectivity index (χ1) is 9.15. The van der Waals surface area contributed by atoms with Crippen LogP contribution >= 0.6 is 0 Å². The van der Waals surface area contributed by atoms with Crippen LogP contribution in [0.5, 0.6) is 5.75 Å². The van der Waals surface area contributed by atoms with Crippen molar-refractivity contribution in [1.82, 2.24) is 14.8 Å². The highest BCUT2D eigenvalue weighted by molar-refractivity contribution is 5.31. The van der Waals surface area contributed by atoms with E-state index in [0.717, 1.165) is 18.7 Å². The number of aryl methyl sites for hydroxylation is 2. The molecule has 0 radical (unpaired) electrons. The minimum absolute atomic E-state index is 0.401. The van der Waals surface area contributed by atoms with E-state index < -0.39 is 0 Å². The van der Waals surface area contributed by atoms with Crippen molar-refractivity contribution < 1.29 is 4.74 Å². The number of ether oxygens (including phenoxy) is 1. The summed E-state index contributed by atoms with van der Waals surface area (Å²) in [6, 6.07) is 8.02. The Bertz CT molecular complexity index is 518. The molecule has 2 aromatic rings. The molecule has 0 bridgehead atoms. The van der Waals surface area contributed by atoms with Crippen LogP contribution in [0.25, 0.3) is 0 Å². The molecule has 19 heavy (non-hydrogen) atoms. The first kappa shape index (κ1) is 13.2. The molecule has 6 nitrogen and oxygen atoms in total. The van der Waals surface area contributed by atoms with Crippen LogP contribution in [0.3, 0.4) is 0 Å². The summed E-state index contributed by atoms with van der Waals surface area (Å²) in [5.74, 6) is 1.86. The van der Waals surface area contributed by atoms with E-state index in [-0.39, 0.29) is 0 Å². The van der Waals surface area contributed by atoms with E-state index in [2.05, 4.69) is 15.4 Å². The molecule has 0 aliphatic heterocycles. The number of benzene rings is 1. The largest absolute Gasteiger partial charge is 0.494 e. The molecule has 0 aliphatic rings. The lowest BCUT2D eigenvalue weighted by Crippen LogP contribution is -2.08. The van der Waals surface area contributed by atoms with Crippen LogP contribution in [-0.4, -0.2) is 27.9 Å². The number of hydrogen-bond acceptors (Lipinski definition) is 5. The van der Waals surface area contributed by atoms with E-state index >= 15 is 0 Å². The molecule has 0 unspecified atom stereocenters. The summed E-state index contributed by atoms with van der Waals surface area (Å²) in [5, 5.41) is 7.21. The van der Waals surface area contributed by atoms with E-state index in [4.69, 9.17) is 10.5 Å². The highest BCUT2D eigenvalue weighted by Gasteiger charge is 2.02. The van der Waals surface area contributed by atoms with Gasteiger partial charge in [-0.3, -0.25) is 0 Å². The molecule has 3 N–H and O–H groups in total. The SMILES string of the molecule is Cc1cccc(OCCCNc2nc(N)n(C)n2)c1. The van der Waals surface area contributed by atoms with Crippen molar-refractivity contribution in [2.24, 2.45) is 7.05 Å². The van der Waals surface area contributed by atoms with Crippen molar-refractivity contribution in [2.45, 2.75) is 13.3 Å². The van der Waals surface area contributed by atoms with Crippen LogP contribution in [-0.2, 0) is 7.05 Å². The van der Waals surface area contributed by atoms with Gasteiger partial charge in [0.15, 0.2) is 0 Å². The van der Waals surface area contributed by atoms with Gasteiger partial charge in [0.1, 0.15) is 5.75 Å². The van der Waals surface area contributed by atoms with Crippen LogP contribution in [0.2, 0.25) is 0 Å². The van der Waals surface area contributed by atoms with Crippen LogP contribution in [0.4, 0.5) is 11.9 Å². The molecule has 0 fully saturated rings. The fourth-order valence-electron chi connectivity index (χ4n) is 1.64. The molecule has 102 valence electrons. The number of hydrogen-bond donors (Lipinski definition) is 2. The van der Waals surface area contributed by atoms with E-state index in [1.165, 1.54) is 10.2 Å². The molecule has 0 saturated heterocycles. The summed E-state index contributed by atoms with van der Waals surface area (Å²) in [5.41, 5.74) is 6.78. The van der Waals surface area contributed by atoms with Gasteiger partial charge in [-0.1, -0.05) is 12.1 Å². The maximum atomic E-state index is 5.64. The molecule has 6 heteroatoms.